The highest BCUT2D eigenvalue weighted by molar-refractivity contribution is 7.12. The van der Waals surface area contributed by atoms with Gasteiger partial charge in [0.2, 0.25) is 0 Å². The van der Waals surface area contributed by atoms with Crippen LogP contribution in [0.15, 0.2) is 76.7 Å². The molecule has 3 heterocycles. The number of thiophene rings is 2. The van der Waals surface area contributed by atoms with Gasteiger partial charge in [0.25, 0.3) is 0 Å². The molecule has 124 valence electrons. The predicted molar refractivity (Wildman–Crippen MR) is 105 cm³/mol. The molecule has 0 saturated heterocycles. The molecular weight excluding hydrogens is 348 g/mol. The number of benzene rings is 1. The average Bonchev–Trinajstić information content (AvgIpc) is 3.40. The van der Waals surface area contributed by atoms with Crippen molar-refractivity contribution < 1.29 is 0 Å². The van der Waals surface area contributed by atoms with Gasteiger partial charge in [-0.1, -0.05) is 30.3 Å². The van der Waals surface area contributed by atoms with Crippen molar-refractivity contribution in [2.45, 2.75) is 6.42 Å². The van der Waals surface area contributed by atoms with Gasteiger partial charge in [-0.3, -0.25) is 0 Å². The molecule has 0 fully saturated rings. The van der Waals surface area contributed by atoms with E-state index in [9.17, 15) is 0 Å². The molecule has 6 heteroatoms. The Bertz CT molecular complexity index is 968. The van der Waals surface area contributed by atoms with Crippen molar-refractivity contribution in [1.29, 1.82) is 0 Å². The van der Waals surface area contributed by atoms with Crippen molar-refractivity contribution in [3.8, 4) is 5.69 Å². The SMILES string of the molecule is N/N=C(\c1cccs1)c1nn(-c2ccccc2)cc1Cc1cccs1. The lowest BCUT2D eigenvalue weighted by Gasteiger charge is -2.02. The molecule has 2 N–H and O–H groups in total. The second-order valence-electron chi connectivity index (χ2n) is 5.49. The fourth-order valence-electron chi connectivity index (χ4n) is 2.71. The van der Waals surface area contributed by atoms with Crippen LogP contribution in [0, 0.1) is 0 Å². The third-order valence-corrected chi connectivity index (χ3v) is 5.62. The molecule has 4 aromatic rings. The van der Waals surface area contributed by atoms with Gasteiger partial charge < -0.3 is 5.84 Å². The second kappa shape index (κ2) is 7.04. The maximum Gasteiger partial charge on any atom is 0.128 e. The number of para-hydroxylation sites is 1. The zero-order valence-electron chi connectivity index (χ0n) is 13.4. The Hall–Kier alpha value is -2.70. The molecule has 1 aromatic carbocycles. The lowest BCUT2D eigenvalue weighted by Crippen LogP contribution is -2.09. The number of hydrogen-bond donors (Lipinski definition) is 1. The van der Waals surface area contributed by atoms with Gasteiger partial charge in [-0.2, -0.15) is 10.2 Å². The molecule has 0 amide bonds. The average molecular weight is 364 g/mol. The van der Waals surface area contributed by atoms with Gasteiger partial charge in [-0.15, -0.1) is 22.7 Å². The summed E-state index contributed by atoms with van der Waals surface area (Å²) < 4.78 is 1.90. The largest absolute Gasteiger partial charge is 0.323 e. The summed E-state index contributed by atoms with van der Waals surface area (Å²) in [4.78, 5) is 2.31. The van der Waals surface area contributed by atoms with Crippen LogP contribution in [0.2, 0.25) is 0 Å². The topological polar surface area (TPSA) is 56.2 Å². The minimum Gasteiger partial charge on any atom is -0.323 e. The maximum absolute atomic E-state index is 5.73. The molecule has 0 saturated carbocycles. The monoisotopic (exact) mass is 364 g/mol. The maximum atomic E-state index is 5.73. The summed E-state index contributed by atoms with van der Waals surface area (Å²) in [6.45, 7) is 0. The first-order valence-corrected chi connectivity index (χ1v) is 9.59. The highest BCUT2D eigenvalue weighted by Gasteiger charge is 2.19. The Kier molecular flexibility index (Phi) is 4.45. The van der Waals surface area contributed by atoms with Gasteiger partial charge in [0.15, 0.2) is 0 Å². The Balaban J connectivity index is 1.82. The van der Waals surface area contributed by atoms with Crippen molar-refractivity contribution in [2.24, 2.45) is 10.9 Å². The second-order valence-corrected chi connectivity index (χ2v) is 7.47. The van der Waals surface area contributed by atoms with E-state index in [4.69, 9.17) is 10.9 Å². The van der Waals surface area contributed by atoms with Gasteiger partial charge >= 0.3 is 0 Å². The van der Waals surface area contributed by atoms with Gasteiger partial charge in [0.1, 0.15) is 11.4 Å². The van der Waals surface area contributed by atoms with Crippen LogP contribution >= 0.6 is 22.7 Å². The highest BCUT2D eigenvalue weighted by atomic mass is 32.1. The van der Waals surface area contributed by atoms with Crippen LogP contribution in [-0.2, 0) is 6.42 Å². The van der Waals surface area contributed by atoms with Crippen LogP contribution in [0.25, 0.3) is 5.69 Å². The summed E-state index contributed by atoms with van der Waals surface area (Å²) in [6, 6.07) is 18.3. The van der Waals surface area contributed by atoms with Crippen molar-refractivity contribution in [3.05, 3.63) is 92.6 Å². The lowest BCUT2D eigenvalue weighted by molar-refractivity contribution is 0.875. The summed E-state index contributed by atoms with van der Waals surface area (Å²) in [5, 5.41) is 13.0. The zero-order valence-corrected chi connectivity index (χ0v) is 15.0. The third-order valence-electron chi connectivity index (χ3n) is 3.86. The molecule has 0 unspecified atom stereocenters. The van der Waals surface area contributed by atoms with E-state index in [0.717, 1.165) is 34.0 Å². The van der Waals surface area contributed by atoms with Gasteiger partial charge in [0.05, 0.1) is 10.6 Å². The van der Waals surface area contributed by atoms with Crippen molar-refractivity contribution in [1.82, 2.24) is 9.78 Å². The molecule has 0 radical (unpaired) electrons. The van der Waals surface area contributed by atoms with Gasteiger partial charge in [-0.05, 0) is 35.0 Å². The smallest absolute Gasteiger partial charge is 0.128 e. The summed E-state index contributed by atoms with van der Waals surface area (Å²) >= 11 is 3.36. The van der Waals surface area contributed by atoms with E-state index < -0.39 is 0 Å². The van der Waals surface area contributed by atoms with E-state index >= 15 is 0 Å². The van der Waals surface area contributed by atoms with Crippen molar-refractivity contribution in [2.75, 3.05) is 0 Å². The molecule has 4 rings (SSSR count). The Morgan fingerprint density at radius 1 is 1.00 bits per heavy atom. The zero-order chi connectivity index (χ0) is 17.1. The number of rotatable bonds is 5. The highest BCUT2D eigenvalue weighted by Crippen LogP contribution is 2.23. The van der Waals surface area contributed by atoms with Crippen LogP contribution in [0.5, 0.6) is 0 Å². The number of nitrogens with two attached hydrogens (primary N) is 1. The van der Waals surface area contributed by atoms with E-state index in [2.05, 4.69) is 28.8 Å². The molecule has 3 aromatic heterocycles. The minimum atomic E-state index is 0.733. The third kappa shape index (κ3) is 3.26. The lowest BCUT2D eigenvalue weighted by atomic mass is 10.1. The number of hydrazone groups is 1. The fourth-order valence-corrected chi connectivity index (χ4v) is 4.16. The fraction of sp³-hybridized carbons (Fsp3) is 0.0526. The van der Waals surface area contributed by atoms with E-state index in [1.165, 1.54) is 4.88 Å². The standard InChI is InChI=1S/C19H16N4S2/c20-21-19(17-9-5-11-25-17)18-14(12-16-8-4-10-24-16)13-23(22-18)15-6-2-1-3-7-15/h1-11,13H,12,20H2/b21-19+. The van der Waals surface area contributed by atoms with E-state index in [0.29, 0.717) is 0 Å². The van der Waals surface area contributed by atoms with Crippen LogP contribution in [-0.4, -0.2) is 15.5 Å². The number of hydrogen-bond acceptors (Lipinski definition) is 5. The molecule has 0 aliphatic carbocycles. The van der Waals surface area contributed by atoms with Gasteiger partial charge in [0, 0.05) is 23.1 Å². The minimum absolute atomic E-state index is 0.733. The molecule has 4 nitrogen and oxygen atoms in total. The first-order valence-electron chi connectivity index (χ1n) is 7.83. The van der Waals surface area contributed by atoms with Crippen molar-refractivity contribution >= 4 is 28.4 Å². The summed E-state index contributed by atoms with van der Waals surface area (Å²) in [5.74, 6) is 5.73. The van der Waals surface area contributed by atoms with E-state index in [1.807, 2.05) is 52.5 Å². The van der Waals surface area contributed by atoms with Crippen LogP contribution < -0.4 is 5.84 Å². The summed E-state index contributed by atoms with van der Waals surface area (Å²) in [5.41, 5.74) is 3.70. The first-order chi connectivity index (χ1) is 12.3. The van der Waals surface area contributed by atoms with E-state index in [-0.39, 0.29) is 0 Å². The molecule has 0 atom stereocenters. The summed E-state index contributed by atoms with van der Waals surface area (Å²) in [6.07, 6.45) is 2.88. The molecule has 0 spiro atoms. The van der Waals surface area contributed by atoms with E-state index in [1.54, 1.807) is 22.7 Å². The Labute approximate surface area is 153 Å². The van der Waals surface area contributed by atoms with Crippen LogP contribution in [0.4, 0.5) is 0 Å². The first kappa shape index (κ1) is 15.8. The van der Waals surface area contributed by atoms with Gasteiger partial charge in [-0.25, -0.2) is 4.68 Å². The molecule has 0 aliphatic heterocycles. The Morgan fingerprint density at radius 3 is 2.48 bits per heavy atom. The molecule has 25 heavy (non-hydrogen) atoms. The quantitative estimate of drug-likeness (QED) is 0.326. The summed E-state index contributed by atoms with van der Waals surface area (Å²) in [7, 11) is 0. The molecule has 0 bridgehead atoms. The molecule has 0 aliphatic rings. The van der Waals surface area contributed by atoms with Crippen molar-refractivity contribution in [3.63, 3.8) is 0 Å². The van der Waals surface area contributed by atoms with Crippen LogP contribution in [0.1, 0.15) is 21.0 Å². The number of aromatic nitrogens is 2. The normalized spacial score (nSPS) is 11.8. The Morgan fingerprint density at radius 2 is 1.80 bits per heavy atom. The van der Waals surface area contributed by atoms with Crippen LogP contribution in [0.3, 0.4) is 0 Å². The predicted octanol–water partition coefficient (Wildman–Crippen LogP) is 4.30. The molecular formula is C19H16N4S2. The number of nitrogens with zero attached hydrogens (tertiary/aromatic N) is 3.